The summed E-state index contributed by atoms with van der Waals surface area (Å²) >= 11 is 5.99. The molecule has 0 unspecified atom stereocenters. The van der Waals surface area contributed by atoms with E-state index >= 15 is 0 Å². The van der Waals surface area contributed by atoms with Gasteiger partial charge in [0.1, 0.15) is 4.90 Å². The average molecular weight is 383 g/mol. The number of aromatic carboxylic acids is 1. The molecule has 0 radical (unpaired) electrons. The van der Waals surface area contributed by atoms with E-state index in [1.54, 1.807) is 18.2 Å². The molecule has 0 atom stereocenters. The molecule has 2 N–H and O–H groups in total. The predicted octanol–water partition coefficient (Wildman–Crippen LogP) is 3.69. The van der Waals surface area contributed by atoms with E-state index in [4.69, 9.17) is 11.6 Å². The lowest BCUT2D eigenvalue weighted by Gasteiger charge is -2.25. The Bertz CT molecular complexity index is 880. The van der Waals surface area contributed by atoms with Gasteiger partial charge in [0.2, 0.25) is 0 Å². The molecular weight excluding hydrogens is 364 g/mol. The maximum Gasteiger partial charge on any atom is 0.335 e. The van der Waals surface area contributed by atoms with Gasteiger partial charge in [-0.1, -0.05) is 23.7 Å². The first-order chi connectivity index (χ1) is 11.8. The van der Waals surface area contributed by atoms with E-state index < -0.39 is 16.0 Å². The highest BCUT2D eigenvalue weighted by atomic mass is 35.5. The van der Waals surface area contributed by atoms with E-state index in [9.17, 15) is 18.3 Å². The van der Waals surface area contributed by atoms with E-state index in [2.05, 4.69) is 4.72 Å². The van der Waals surface area contributed by atoms with Crippen LogP contribution in [0.25, 0.3) is 0 Å². The van der Waals surface area contributed by atoms with Crippen molar-refractivity contribution in [3.05, 3.63) is 53.1 Å². The molecule has 0 amide bonds. The first-order valence-electron chi connectivity index (χ1n) is 7.69. The number of nitrogens with zero attached hydrogens (tertiary/aromatic N) is 1. The summed E-state index contributed by atoms with van der Waals surface area (Å²) in [6.45, 7) is 5.15. The van der Waals surface area contributed by atoms with Crippen molar-refractivity contribution in [2.24, 2.45) is 0 Å². The number of anilines is 2. The van der Waals surface area contributed by atoms with Crippen LogP contribution in [0, 0.1) is 0 Å². The second kappa shape index (κ2) is 7.76. The second-order valence-electron chi connectivity index (χ2n) is 5.25. The molecule has 0 fully saturated rings. The highest BCUT2D eigenvalue weighted by Gasteiger charge is 2.21. The van der Waals surface area contributed by atoms with E-state index in [0.29, 0.717) is 18.8 Å². The van der Waals surface area contributed by atoms with Gasteiger partial charge in [-0.05, 0) is 44.2 Å². The summed E-state index contributed by atoms with van der Waals surface area (Å²) in [7, 11) is -3.96. The Morgan fingerprint density at radius 3 is 2.36 bits per heavy atom. The van der Waals surface area contributed by atoms with Crippen LogP contribution in [-0.2, 0) is 10.0 Å². The zero-order valence-corrected chi connectivity index (χ0v) is 15.4. The number of hydrogen-bond acceptors (Lipinski definition) is 4. The van der Waals surface area contributed by atoms with E-state index in [0.717, 1.165) is 0 Å². The minimum atomic E-state index is -3.96. The number of nitrogens with one attached hydrogen (secondary N) is 1. The molecule has 0 aliphatic rings. The van der Waals surface area contributed by atoms with Crippen LogP contribution in [0.15, 0.2) is 47.4 Å². The monoisotopic (exact) mass is 382 g/mol. The number of rotatable bonds is 7. The Morgan fingerprint density at radius 2 is 1.80 bits per heavy atom. The van der Waals surface area contributed by atoms with E-state index in [1.807, 2.05) is 18.7 Å². The molecule has 0 spiro atoms. The molecule has 0 saturated heterocycles. The Hall–Kier alpha value is -2.25. The Labute approximate surface area is 152 Å². The number of carboxylic acids is 1. The maximum atomic E-state index is 12.7. The van der Waals surface area contributed by atoms with Crippen molar-refractivity contribution in [1.29, 1.82) is 0 Å². The molecule has 0 saturated carbocycles. The molecule has 0 aromatic heterocycles. The summed E-state index contributed by atoms with van der Waals surface area (Å²) in [6.07, 6.45) is 0. The minimum Gasteiger partial charge on any atom is -0.478 e. The first kappa shape index (κ1) is 19.1. The van der Waals surface area contributed by atoms with Gasteiger partial charge in [0, 0.05) is 13.1 Å². The molecule has 8 heteroatoms. The number of carbonyl (C=O) groups is 1. The Morgan fingerprint density at radius 1 is 1.16 bits per heavy atom. The molecule has 0 bridgehead atoms. The SMILES string of the molecule is CCN(CC)c1ccc(C(=O)O)cc1NS(=O)(=O)c1ccccc1Cl. The molecule has 2 rings (SSSR count). The topological polar surface area (TPSA) is 86.7 Å². The molecule has 134 valence electrons. The third-order valence-electron chi connectivity index (χ3n) is 3.72. The maximum absolute atomic E-state index is 12.7. The summed E-state index contributed by atoms with van der Waals surface area (Å²) in [4.78, 5) is 13.1. The van der Waals surface area contributed by atoms with Crippen LogP contribution in [-0.4, -0.2) is 32.6 Å². The normalized spacial score (nSPS) is 11.2. The number of carboxylic acid groups (broad SMARTS) is 1. The predicted molar refractivity (Wildman–Crippen MR) is 99.2 cm³/mol. The minimum absolute atomic E-state index is 0.00670. The quantitative estimate of drug-likeness (QED) is 0.762. The van der Waals surface area contributed by atoms with Gasteiger partial charge in [-0.3, -0.25) is 4.72 Å². The molecule has 2 aromatic carbocycles. The van der Waals surface area contributed by atoms with Crippen LogP contribution in [0.5, 0.6) is 0 Å². The van der Waals surface area contributed by atoms with Crippen molar-refractivity contribution in [2.45, 2.75) is 18.7 Å². The van der Waals surface area contributed by atoms with Gasteiger partial charge >= 0.3 is 5.97 Å². The van der Waals surface area contributed by atoms with Crippen molar-refractivity contribution in [3.63, 3.8) is 0 Å². The number of hydrogen-bond donors (Lipinski definition) is 2. The lowest BCUT2D eigenvalue weighted by Crippen LogP contribution is -2.24. The third kappa shape index (κ3) is 4.24. The van der Waals surface area contributed by atoms with Gasteiger partial charge in [0.25, 0.3) is 10.0 Å². The Balaban J connectivity index is 2.54. The van der Waals surface area contributed by atoms with Gasteiger partial charge in [-0.25, -0.2) is 13.2 Å². The van der Waals surface area contributed by atoms with Gasteiger partial charge in [0.15, 0.2) is 0 Å². The van der Waals surface area contributed by atoms with Crippen molar-refractivity contribution in [3.8, 4) is 0 Å². The summed E-state index contributed by atoms with van der Waals surface area (Å²) in [6, 6.07) is 10.4. The lowest BCUT2D eigenvalue weighted by atomic mass is 10.1. The van der Waals surface area contributed by atoms with Crippen LogP contribution in [0.3, 0.4) is 0 Å². The van der Waals surface area contributed by atoms with Crippen LogP contribution < -0.4 is 9.62 Å². The molecule has 2 aromatic rings. The summed E-state index contributed by atoms with van der Waals surface area (Å²) in [5, 5.41) is 9.29. The van der Waals surface area contributed by atoms with Gasteiger partial charge in [0.05, 0.1) is 22.0 Å². The molecule has 25 heavy (non-hydrogen) atoms. The Kier molecular flexibility index (Phi) is 5.92. The summed E-state index contributed by atoms with van der Waals surface area (Å²) in [5.74, 6) is -1.13. The van der Waals surface area contributed by atoms with Crippen LogP contribution in [0.2, 0.25) is 5.02 Å². The van der Waals surface area contributed by atoms with Gasteiger partial charge in [-0.2, -0.15) is 0 Å². The third-order valence-corrected chi connectivity index (χ3v) is 5.58. The van der Waals surface area contributed by atoms with E-state index in [-0.39, 0.29) is 21.2 Å². The highest BCUT2D eigenvalue weighted by Crippen LogP contribution is 2.31. The second-order valence-corrected chi connectivity index (χ2v) is 7.30. The highest BCUT2D eigenvalue weighted by molar-refractivity contribution is 7.92. The smallest absolute Gasteiger partial charge is 0.335 e. The van der Waals surface area contributed by atoms with Crippen molar-refractivity contribution < 1.29 is 18.3 Å². The molecule has 6 nitrogen and oxygen atoms in total. The molecular formula is C17H19ClN2O4S. The summed E-state index contributed by atoms with van der Waals surface area (Å²) < 4.78 is 27.9. The lowest BCUT2D eigenvalue weighted by molar-refractivity contribution is 0.0697. The molecule has 0 aliphatic carbocycles. The van der Waals surface area contributed by atoms with Crippen molar-refractivity contribution in [1.82, 2.24) is 0 Å². The fraction of sp³-hybridized carbons (Fsp3) is 0.235. The summed E-state index contributed by atoms with van der Waals surface area (Å²) in [5.41, 5.74) is 0.793. The van der Waals surface area contributed by atoms with Gasteiger partial charge < -0.3 is 10.0 Å². The van der Waals surface area contributed by atoms with Crippen molar-refractivity contribution in [2.75, 3.05) is 22.7 Å². The number of halogens is 1. The average Bonchev–Trinajstić information content (AvgIpc) is 2.57. The zero-order valence-electron chi connectivity index (χ0n) is 13.9. The van der Waals surface area contributed by atoms with Crippen LogP contribution >= 0.6 is 11.6 Å². The van der Waals surface area contributed by atoms with E-state index in [1.165, 1.54) is 24.3 Å². The molecule has 0 heterocycles. The van der Waals surface area contributed by atoms with Crippen LogP contribution in [0.4, 0.5) is 11.4 Å². The van der Waals surface area contributed by atoms with Gasteiger partial charge in [-0.15, -0.1) is 0 Å². The standard InChI is InChI=1S/C17H19ClN2O4S/c1-3-20(4-2)15-10-9-12(17(21)22)11-14(15)19-25(23,24)16-8-6-5-7-13(16)18/h5-11,19H,3-4H2,1-2H3,(H,21,22). The van der Waals surface area contributed by atoms with Crippen LogP contribution in [0.1, 0.15) is 24.2 Å². The first-order valence-corrected chi connectivity index (χ1v) is 9.56. The number of sulfonamides is 1. The largest absolute Gasteiger partial charge is 0.478 e. The fourth-order valence-corrected chi connectivity index (χ4v) is 4.04. The molecule has 0 aliphatic heterocycles. The zero-order chi connectivity index (χ0) is 18.6. The fourth-order valence-electron chi connectivity index (χ4n) is 2.45. The van der Waals surface area contributed by atoms with Crippen molar-refractivity contribution >= 4 is 39.0 Å². The number of benzene rings is 2.